The molecule has 0 amide bonds. The van der Waals surface area contributed by atoms with Gasteiger partial charge in [0.2, 0.25) is 0 Å². The van der Waals surface area contributed by atoms with Gasteiger partial charge in [0, 0.05) is 5.25 Å². The van der Waals surface area contributed by atoms with Crippen molar-refractivity contribution in [3.05, 3.63) is 0 Å². The van der Waals surface area contributed by atoms with E-state index in [2.05, 4.69) is 12.6 Å². The van der Waals surface area contributed by atoms with Gasteiger partial charge in [-0.1, -0.05) is 13.8 Å². The van der Waals surface area contributed by atoms with Crippen LogP contribution in [0.5, 0.6) is 0 Å². The Bertz CT molecular complexity index is 127. The molecule has 0 saturated heterocycles. The van der Waals surface area contributed by atoms with Crippen LogP contribution >= 0.6 is 12.6 Å². The van der Waals surface area contributed by atoms with Gasteiger partial charge in [-0.3, -0.25) is 4.79 Å². The number of carboxylic acids is 1. The number of rotatable bonds is 3. The molecular formula is C6H13NO2S. The van der Waals surface area contributed by atoms with Gasteiger partial charge in [-0.15, -0.1) is 0 Å². The van der Waals surface area contributed by atoms with Gasteiger partial charge in [0.15, 0.2) is 0 Å². The number of nitrogens with two attached hydrogens (primary N) is 1. The minimum absolute atomic E-state index is 0.0195. The summed E-state index contributed by atoms with van der Waals surface area (Å²) in [6, 6.07) is -0.799. The van der Waals surface area contributed by atoms with Crippen molar-refractivity contribution in [3.8, 4) is 0 Å². The van der Waals surface area contributed by atoms with Gasteiger partial charge < -0.3 is 10.8 Å². The second-order valence-corrected chi connectivity index (χ2v) is 3.28. The Hall–Kier alpha value is -0.220. The minimum atomic E-state index is -0.964. The van der Waals surface area contributed by atoms with Crippen LogP contribution in [0.1, 0.15) is 13.8 Å². The first-order valence-corrected chi connectivity index (χ1v) is 3.65. The summed E-state index contributed by atoms with van der Waals surface area (Å²) in [5, 5.41) is 8.46. The predicted molar refractivity (Wildman–Crippen MR) is 43.2 cm³/mol. The number of thiol groups is 1. The number of hydrogen-bond donors (Lipinski definition) is 3. The molecule has 0 heterocycles. The molecule has 0 aromatic heterocycles. The van der Waals surface area contributed by atoms with Crippen molar-refractivity contribution in [1.82, 2.24) is 0 Å². The van der Waals surface area contributed by atoms with Crippen LogP contribution in [0.2, 0.25) is 0 Å². The molecule has 0 bridgehead atoms. The molecule has 60 valence electrons. The van der Waals surface area contributed by atoms with E-state index in [4.69, 9.17) is 10.8 Å². The monoisotopic (exact) mass is 163 g/mol. The Balaban J connectivity index is 3.94. The largest absolute Gasteiger partial charge is 0.480 e. The molecule has 10 heavy (non-hydrogen) atoms. The molecular weight excluding hydrogens is 150 g/mol. The maximum absolute atomic E-state index is 10.3. The third kappa shape index (κ3) is 2.58. The first-order chi connectivity index (χ1) is 4.46. The molecule has 3 N–H and O–H groups in total. The molecule has 3 nitrogen and oxygen atoms in total. The first-order valence-electron chi connectivity index (χ1n) is 3.13. The van der Waals surface area contributed by atoms with Gasteiger partial charge in [0.1, 0.15) is 6.04 Å². The number of carboxylic acid groups (broad SMARTS) is 1. The Kier molecular flexibility index (Phi) is 3.75. The fraction of sp³-hybridized carbons (Fsp3) is 0.833. The van der Waals surface area contributed by atoms with Crippen LogP contribution in [0, 0.1) is 5.92 Å². The van der Waals surface area contributed by atoms with E-state index in [0.29, 0.717) is 0 Å². The SMILES string of the molecule is CC(S)[C@H](C)[C@H](N)C(=O)O. The van der Waals surface area contributed by atoms with Crippen molar-refractivity contribution in [2.24, 2.45) is 11.7 Å². The molecule has 0 spiro atoms. The molecule has 0 aliphatic carbocycles. The second-order valence-electron chi connectivity index (χ2n) is 2.46. The molecule has 0 fully saturated rings. The molecule has 0 aromatic rings. The fourth-order valence-corrected chi connectivity index (χ4v) is 0.710. The Labute approximate surface area is 66.0 Å². The minimum Gasteiger partial charge on any atom is -0.480 e. The van der Waals surface area contributed by atoms with Crippen LogP contribution in [-0.2, 0) is 4.79 Å². The molecule has 0 saturated carbocycles. The lowest BCUT2D eigenvalue weighted by molar-refractivity contribution is -0.139. The van der Waals surface area contributed by atoms with Gasteiger partial charge in [-0.2, -0.15) is 12.6 Å². The average molecular weight is 163 g/mol. The van der Waals surface area contributed by atoms with E-state index in [9.17, 15) is 4.79 Å². The van der Waals surface area contributed by atoms with E-state index in [1.807, 2.05) is 6.92 Å². The van der Waals surface area contributed by atoms with E-state index in [0.717, 1.165) is 0 Å². The highest BCUT2D eigenvalue weighted by Crippen LogP contribution is 2.11. The van der Waals surface area contributed by atoms with Gasteiger partial charge in [-0.05, 0) is 5.92 Å². The summed E-state index contributed by atoms with van der Waals surface area (Å²) in [5.74, 6) is -1.06. The summed E-state index contributed by atoms with van der Waals surface area (Å²) in [5.41, 5.74) is 5.31. The van der Waals surface area contributed by atoms with Gasteiger partial charge in [0.05, 0.1) is 0 Å². The van der Waals surface area contributed by atoms with Gasteiger partial charge in [0.25, 0.3) is 0 Å². The van der Waals surface area contributed by atoms with Crippen molar-refractivity contribution >= 4 is 18.6 Å². The van der Waals surface area contributed by atoms with Crippen molar-refractivity contribution in [2.45, 2.75) is 25.1 Å². The van der Waals surface area contributed by atoms with Crippen LogP contribution < -0.4 is 5.73 Å². The van der Waals surface area contributed by atoms with E-state index >= 15 is 0 Å². The van der Waals surface area contributed by atoms with Crippen LogP contribution in [-0.4, -0.2) is 22.4 Å². The van der Waals surface area contributed by atoms with Crippen molar-refractivity contribution in [2.75, 3.05) is 0 Å². The fourth-order valence-electron chi connectivity index (χ4n) is 0.525. The van der Waals surface area contributed by atoms with E-state index in [1.165, 1.54) is 0 Å². The molecule has 0 aliphatic rings. The lowest BCUT2D eigenvalue weighted by atomic mass is 10.00. The standard InChI is InChI=1S/C6H13NO2S/c1-3(4(2)10)5(7)6(8)9/h3-5,10H,7H2,1-2H3,(H,8,9)/t3-,4?,5-/m0/s1. The number of aliphatic carboxylic acids is 1. The smallest absolute Gasteiger partial charge is 0.320 e. The third-order valence-electron chi connectivity index (χ3n) is 1.61. The predicted octanol–water partition coefficient (Wildman–Crippen LogP) is 0.353. The zero-order valence-electron chi connectivity index (χ0n) is 6.11. The Morgan fingerprint density at radius 2 is 2.00 bits per heavy atom. The highest BCUT2D eigenvalue weighted by molar-refractivity contribution is 7.80. The third-order valence-corrected chi connectivity index (χ3v) is 2.08. The molecule has 3 atom stereocenters. The molecule has 1 unspecified atom stereocenters. The van der Waals surface area contributed by atoms with Gasteiger partial charge in [-0.25, -0.2) is 0 Å². The Morgan fingerprint density at radius 3 is 2.10 bits per heavy atom. The quantitative estimate of drug-likeness (QED) is 0.526. The number of carbonyl (C=O) groups is 1. The highest BCUT2D eigenvalue weighted by atomic mass is 32.1. The normalized spacial score (nSPS) is 19.6. The van der Waals surface area contributed by atoms with Crippen LogP contribution in [0.25, 0.3) is 0 Å². The van der Waals surface area contributed by atoms with E-state index in [1.54, 1.807) is 6.92 Å². The maximum Gasteiger partial charge on any atom is 0.320 e. The Morgan fingerprint density at radius 1 is 1.60 bits per heavy atom. The molecule has 0 radical (unpaired) electrons. The number of hydrogen-bond acceptors (Lipinski definition) is 3. The van der Waals surface area contributed by atoms with Crippen LogP contribution in [0.4, 0.5) is 0 Å². The summed E-state index contributed by atoms with van der Waals surface area (Å²) in [7, 11) is 0. The summed E-state index contributed by atoms with van der Waals surface area (Å²) >= 11 is 4.08. The molecule has 0 aliphatic heterocycles. The lowest BCUT2D eigenvalue weighted by Gasteiger charge is -2.18. The summed E-state index contributed by atoms with van der Waals surface area (Å²) in [6.45, 7) is 3.60. The van der Waals surface area contributed by atoms with Crippen LogP contribution in [0.3, 0.4) is 0 Å². The topological polar surface area (TPSA) is 63.3 Å². The molecule has 0 rings (SSSR count). The van der Waals surface area contributed by atoms with Crippen molar-refractivity contribution in [1.29, 1.82) is 0 Å². The van der Waals surface area contributed by atoms with E-state index in [-0.39, 0.29) is 11.2 Å². The summed E-state index contributed by atoms with van der Waals surface area (Å²) < 4.78 is 0. The molecule has 4 heteroatoms. The average Bonchev–Trinajstić information content (AvgIpc) is 1.84. The zero-order chi connectivity index (χ0) is 8.31. The molecule has 0 aromatic carbocycles. The summed E-state index contributed by atoms with van der Waals surface area (Å²) in [6.07, 6.45) is 0. The van der Waals surface area contributed by atoms with Crippen molar-refractivity contribution < 1.29 is 9.90 Å². The second kappa shape index (κ2) is 3.83. The van der Waals surface area contributed by atoms with Crippen LogP contribution in [0.15, 0.2) is 0 Å². The van der Waals surface area contributed by atoms with Crippen molar-refractivity contribution in [3.63, 3.8) is 0 Å². The van der Waals surface area contributed by atoms with Gasteiger partial charge >= 0.3 is 5.97 Å². The lowest BCUT2D eigenvalue weighted by Crippen LogP contribution is -2.39. The zero-order valence-corrected chi connectivity index (χ0v) is 7.01. The van der Waals surface area contributed by atoms with E-state index < -0.39 is 12.0 Å². The maximum atomic E-state index is 10.3. The highest BCUT2D eigenvalue weighted by Gasteiger charge is 2.22. The summed E-state index contributed by atoms with van der Waals surface area (Å²) in [4.78, 5) is 10.3. The first kappa shape index (κ1) is 9.78.